The van der Waals surface area contributed by atoms with Crippen molar-refractivity contribution in [3.8, 4) is 0 Å². The van der Waals surface area contributed by atoms with Gasteiger partial charge >= 0.3 is 0 Å². The van der Waals surface area contributed by atoms with E-state index < -0.39 is 0 Å². The molecule has 0 fully saturated rings. The SMILES string of the molecule is CN1C(N)=NCC1c1cccnc1. The molecule has 1 aliphatic rings. The second kappa shape index (κ2) is 3.05. The molecule has 13 heavy (non-hydrogen) atoms. The van der Waals surface area contributed by atoms with Gasteiger partial charge in [-0.25, -0.2) is 0 Å². The Morgan fingerprint density at radius 1 is 1.62 bits per heavy atom. The van der Waals surface area contributed by atoms with E-state index >= 15 is 0 Å². The van der Waals surface area contributed by atoms with Gasteiger partial charge in [-0.2, -0.15) is 0 Å². The zero-order chi connectivity index (χ0) is 9.26. The highest BCUT2D eigenvalue weighted by atomic mass is 15.3. The van der Waals surface area contributed by atoms with Gasteiger partial charge in [-0.05, 0) is 11.6 Å². The summed E-state index contributed by atoms with van der Waals surface area (Å²) in [6, 6.07) is 4.23. The summed E-state index contributed by atoms with van der Waals surface area (Å²) in [5.74, 6) is 0.605. The van der Waals surface area contributed by atoms with E-state index in [1.54, 1.807) is 6.20 Å². The van der Waals surface area contributed by atoms with Gasteiger partial charge in [0.1, 0.15) is 0 Å². The van der Waals surface area contributed by atoms with Gasteiger partial charge in [0.2, 0.25) is 0 Å². The number of hydrogen-bond acceptors (Lipinski definition) is 4. The maximum atomic E-state index is 5.66. The zero-order valence-corrected chi connectivity index (χ0v) is 7.51. The second-order valence-electron chi connectivity index (χ2n) is 3.11. The molecule has 68 valence electrons. The van der Waals surface area contributed by atoms with E-state index in [0.717, 1.165) is 12.1 Å². The maximum Gasteiger partial charge on any atom is 0.191 e. The molecule has 1 unspecified atom stereocenters. The van der Waals surface area contributed by atoms with E-state index in [0.29, 0.717) is 5.96 Å². The van der Waals surface area contributed by atoms with Crippen molar-refractivity contribution >= 4 is 5.96 Å². The van der Waals surface area contributed by atoms with Crippen LogP contribution in [0.1, 0.15) is 11.6 Å². The largest absolute Gasteiger partial charge is 0.370 e. The predicted molar refractivity (Wildman–Crippen MR) is 51.2 cm³/mol. The lowest BCUT2D eigenvalue weighted by Gasteiger charge is -2.20. The van der Waals surface area contributed by atoms with Crippen LogP contribution in [0, 0.1) is 0 Å². The number of aliphatic imine (C=N–C) groups is 1. The minimum atomic E-state index is 0.258. The second-order valence-corrected chi connectivity index (χ2v) is 3.11. The summed E-state index contributed by atoms with van der Waals surface area (Å²) < 4.78 is 0. The maximum absolute atomic E-state index is 5.66. The van der Waals surface area contributed by atoms with E-state index in [-0.39, 0.29) is 6.04 Å². The summed E-state index contributed by atoms with van der Waals surface area (Å²) in [5, 5.41) is 0. The minimum Gasteiger partial charge on any atom is -0.370 e. The highest BCUT2D eigenvalue weighted by Crippen LogP contribution is 2.22. The fourth-order valence-corrected chi connectivity index (χ4v) is 1.48. The van der Waals surface area contributed by atoms with Crippen LogP contribution >= 0.6 is 0 Å². The molecule has 4 nitrogen and oxygen atoms in total. The van der Waals surface area contributed by atoms with Crippen LogP contribution in [0.15, 0.2) is 29.5 Å². The highest BCUT2D eigenvalue weighted by molar-refractivity contribution is 5.80. The molecular weight excluding hydrogens is 164 g/mol. The minimum absolute atomic E-state index is 0.258. The first-order valence-corrected chi connectivity index (χ1v) is 4.21. The van der Waals surface area contributed by atoms with Gasteiger partial charge in [-0.3, -0.25) is 9.98 Å². The van der Waals surface area contributed by atoms with Crippen molar-refractivity contribution in [1.29, 1.82) is 0 Å². The summed E-state index contributed by atoms with van der Waals surface area (Å²) in [7, 11) is 1.95. The van der Waals surface area contributed by atoms with Gasteiger partial charge in [0, 0.05) is 19.4 Å². The van der Waals surface area contributed by atoms with E-state index in [2.05, 4.69) is 9.98 Å². The zero-order valence-electron chi connectivity index (χ0n) is 7.51. The number of rotatable bonds is 1. The van der Waals surface area contributed by atoms with Crippen LogP contribution in [0.4, 0.5) is 0 Å². The number of likely N-dealkylation sites (N-methyl/N-ethyl adjacent to an activating group) is 1. The van der Waals surface area contributed by atoms with Crippen LogP contribution in [0.5, 0.6) is 0 Å². The number of hydrogen-bond donors (Lipinski definition) is 1. The van der Waals surface area contributed by atoms with Crippen molar-refractivity contribution in [3.63, 3.8) is 0 Å². The first-order chi connectivity index (χ1) is 6.29. The fraction of sp³-hybridized carbons (Fsp3) is 0.333. The summed E-state index contributed by atoms with van der Waals surface area (Å²) in [6.07, 6.45) is 3.62. The van der Waals surface area contributed by atoms with E-state index in [4.69, 9.17) is 5.73 Å². The number of nitrogens with zero attached hydrogens (tertiary/aromatic N) is 3. The van der Waals surface area contributed by atoms with Crippen LogP contribution < -0.4 is 5.73 Å². The Morgan fingerprint density at radius 3 is 3.00 bits per heavy atom. The number of pyridine rings is 1. The molecule has 0 amide bonds. The molecular formula is C9H12N4. The standard InChI is InChI=1S/C9H12N4/c1-13-8(6-12-9(13)10)7-3-2-4-11-5-7/h2-5,8H,6H2,1H3,(H2,10,12). The van der Waals surface area contributed by atoms with Gasteiger partial charge in [0.05, 0.1) is 12.6 Å². The summed E-state index contributed by atoms with van der Waals surface area (Å²) >= 11 is 0. The lowest BCUT2D eigenvalue weighted by molar-refractivity contribution is 0.413. The van der Waals surface area contributed by atoms with Gasteiger partial charge < -0.3 is 10.6 Å². The lowest BCUT2D eigenvalue weighted by atomic mass is 10.1. The van der Waals surface area contributed by atoms with Crippen LogP contribution in [0.2, 0.25) is 0 Å². The van der Waals surface area contributed by atoms with Crippen molar-refractivity contribution in [2.24, 2.45) is 10.7 Å². The fourth-order valence-electron chi connectivity index (χ4n) is 1.48. The molecule has 0 spiro atoms. The summed E-state index contributed by atoms with van der Waals surface area (Å²) in [5.41, 5.74) is 6.82. The topological polar surface area (TPSA) is 54.5 Å². The number of aromatic nitrogens is 1. The van der Waals surface area contributed by atoms with Crippen molar-refractivity contribution in [2.45, 2.75) is 6.04 Å². The van der Waals surface area contributed by atoms with Crippen LogP contribution in [0.3, 0.4) is 0 Å². The van der Waals surface area contributed by atoms with Gasteiger partial charge in [-0.1, -0.05) is 6.07 Å². The smallest absolute Gasteiger partial charge is 0.191 e. The Bertz CT molecular complexity index is 320. The van der Waals surface area contributed by atoms with Crippen LogP contribution in [0.25, 0.3) is 0 Å². The molecule has 0 aromatic carbocycles. The first-order valence-electron chi connectivity index (χ1n) is 4.21. The Balaban J connectivity index is 2.22. The monoisotopic (exact) mass is 176 g/mol. The Hall–Kier alpha value is -1.58. The predicted octanol–water partition coefficient (Wildman–Crippen LogP) is 0.383. The molecule has 0 radical (unpaired) electrons. The molecule has 0 bridgehead atoms. The average molecular weight is 176 g/mol. The normalized spacial score (nSPS) is 21.8. The summed E-state index contributed by atoms with van der Waals surface area (Å²) in [6.45, 7) is 0.730. The van der Waals surface area contributed by atoms with Gasteiger partial charge in [0.25, 0.3) is 0 Å². The first kappa shape index (κ1) is 8.04. The molecule has 1 aromatic rings. The molecule has 0 saturated carbocycles. The third-order valence-electron chi connectivity index (χ3n) is 2.32. The molecule has 1 aliphatic heterocycles. The Kier molecular flexibility index (Phi) is 1.88. The van der Waals surface area contributed by atoms with Crippen molar-refractivity contribution < 1.29 is 0 Å². The van der Waals surface area contributed by atoms with Crippen molar-refractivity contribution in [2.75, 3.05) is 13.6 Å². The van der Waals surface area contributed by atoms with E-state index in [9.17, 15) is 0 Å². The van der Waals surface area contributed by atoms with Crippen LogP contribution in [-0.2, 0) is 0 Å². The molecule has 0 aliphatic carbocycles. The third-order valence-corrected chi connectivity index (χ3v) is 2.32. The van der Waals surface area contributed by atoms with Crippen LogP contribution in [-0.4, -0.2) is 29.4 Å². The average Bonchev–Trinajstić information content (AvgIpc) is 2.49. The molecule has 1 aromatic heterocycles. The molecule has 2 heterocycles. The third kappa shape index (κ3) is 1.35. The highest BCUT2D eigenvalue weighted by Gasteiger charge is 2.23. The quantitative estimate of drug-likeness (QED) is 0.673. The number of nitrogens with two attached hydrogens (primary N) is 1. The van der Waals surface area contributed by atoms with Crippen molar-refractivity contribution in [1.82, 2.24) is 9.88 Å². The lowest BCUT2D eigenvalue weighted by Crippen LogP contribution is -2.32. The number of guanidine groups is 1. The Morgan fingerprint density at radius 2 is 2.46 bits per heavy atom. The van der Waals surface area contributed by atoms with Gasteiger partial charge in [0.15, 0.2) is 5.96 Å². The molecule has 4 heteroatoms. The molecule has 2 rings (SSSR count). The van der Waals surface area contributed by atoms with E-state index in [1.807, 2.05) is 30.3 Å². The summed E-state index contributed by atoms with van der Waals surface area (Å²) in [4.78, 5) is 10.2. The molecule has 0 saturated heterocycles. The van der Waals surface area contributed by atoms with E-state index in [1.165, 1.54) is 0 Å². The van der Waals surface area contributed by atoms with Gasteiger partial charge in [-0.15, -0.1) is 0 Å². The molecule has 2 N–H and O–H groups in total. The van der Waals surface area contributed by atoms with Crippen molar-refractivity contribution in [3.05, 3.63) is 30.1 Å². The molecule has 1 atom stereocenters. The Labute approximate surface area is 77.1 Å².